The summed E-state index contributed by atoms with van der Waals surface area (Å²) in [5.41, 5.74) is 3.57. The summed E-state index contributed by atoms with van der Waals surface area (Å²) in [4.78, 5) is 16.8. The highest BCUT2D eigenvalue weighted by Gasteiger charge is 2.38. The Balaban J connectivity index is 1.92. The molecular formula is C27H27N3O2. The third-order valence-corrected chi connectivity index (χ3v) is 5.85. The first-order valence-electron chi connectivity index (χ1n) is 10.6. The van der Waals surface area contributed by atoms with Gasteiger partial charge in [-0.05, 0) is 23.7 Å². The van der Waals surface area contributed by atoms with Crippen LogP contribution in [0.15, 0.2) is 104 Å². The molecular weight excluding hydrogens is 398 g/mol. The van der Waals surface area contributed by atoms with Crippen LogP contribution >= 0.6 is 0 Å². The molecule has 5 heteroatoms. The molecule has 1 aromatic heterocycles. The average Bonchev–Trinajstić information content (AvgIpc) is 3.33. The van der Waals surface area contributed by atoms with E-state index in [1.807, 2.05) is 30.7 Å². The number of likely N-dealkylation sites (N-methyl/N-ethyl adjacent to an activating group) is 1. The summed E-state index contributed by atoms with van der Waals surface area (Å²) >= 11 is 0. The molecule has 0 saturated carbocycles. The number of carbonyl (C=O) groups is 1. The summed E-state index contributed by atoms with van der Waals surface area (Å²) in [6.07, 6.45) is 4.32. The lowest BCUT2D eigenvalue weighted by Gasteiger charge is -2.37. The number of carbonyl (C=O) groups excluding carboxylic acids is 1. The minimum Gasteiger partial charge on any atom is -0.468 e. The third-order valence-electron chi connectivity index (χ3n) is 5.85. The van der Waals surface area contributed by atoms with Crippen LogP contribution in [-0.2, 0) is 21.5 Å². The quantitative estimate of drug-likeness (QED) is 0.342. The fraction of sp³-hybridized carbons (Fsp3) is 0.185. The van der Waals surface area contributed by atoms with E-state index >= 15 is 0 Å². The Hall–Kier alpha value is -3.70. The fourth-order valence-electron chi connectivity index (χ4n) is 4.29. The Bertz CT molecular complexity index is 1040. The van der Waals surface area contributed by atoms with Crippen molar-refractivity contribution in [2.45, 2.75) is 18.0 Å². The van der Waals surface area contributed by atoms with E-state index in [4.69, 9.17) is 4.74 Å². The van der Waals surface area contributed by atoms with Crippen LogP contribution in [0.25, 0.3) is 0 Å². The van der Waals surface area contributed by atoms with Gasteiger partial charge in [-0.1, -0.05) is 91.0 Å². The molecule has 0 aliphatic carbocycles. The Labute approximate surface area is 188 Å². The van der Waals surface area contributed by atoms with Gasteiger partial charge in [0.2, 0.25) is 0 Å². The van der Waals surface area contributed by atoms with Crippen LogP contribution < -0.4 is 5.32 Å². The summed E-state index contributed by atoms with van der Waals surface area (Å²) in [7, 11) is 3.15. The van der Waals surface area contributed by atoms with Crippen LogP contribution in [0.3, 0.4) is 0 Å². The highest BCUT2D eigenvalue weighted by atomic mass is 16.5. The molecule has 5 nitrogen and oxygen atoms in total. The zero-order valence-electron chi connectivity index (χ0n) is 18.3. The first-order valence-corrected chi connectivity index (χ1v) is 10.6. The van der Waals surface area contributed by atoms with E-state index in [1.54, 1.807) is 7.05 Å². The van der Waals surface area contributed by atoms with Gasteiger partial charge in [-0.15, -0.1) is 0 Å². The lowest BCUT2D eigenvalue weighted by Crippen LogP contribution is -2.37. The second-order valence-corrected chi connectivity index (χ2v) is 7.65. The van der Waals surface area contributed by atoms with E-state index < -0.39 is 11.6 Å². The van der Waals surface area contributed by atoms with Crippen LogP contribution in [-0.4, -0.2) is 35.7 Å². The predicted molar refractivity (Wildman–Crippen MR) is 125 cm³/mol. The van der Waals surface area contributed by atoms with Gasteiger partial charge in [-0.3, -0.25) is 4.79 Å². The van der Waals surface area contributed by atoms with Crippen molar-refractivity contribution in [3.63, 3.8) is 0 Å². The number of benzene rings is 3. The Morgan fingerprint density at radius 1 is 0.906 bits per heavy atom. The lowest BCUT2D eigenvalue weighted by molar-refractivity contribution is -0.142. The molecule has 32 heavy (non-hydrogen) atoms. The zero-order chi connectivity index (χ0) is 22.4. The smallest absolute Gasteiger partial charge is 0.323 e. The van der Waals surface area contributed by atoms with Crippen molar-refractivity contribution >= 4 is 5.97 Å². The Kier molecular flexibility index (Phi) is 6.47. The maximum absolute atomic E-state index is 12.1. The third kappa shape index (κ3) is 3.95. The molecule has 0 amide bonds. The number of hydrogen-bond donors (Lipinski definition) is 1. The average molecular weight is 426 g/mol. The van der Waals surface area contributed by atoms with Gasteiger partial charge in [0.15, 0.2) is 0 Å². The molecule has 1 atom stereocenters. The highest BCUT2D eigenvalue weighted by molar-refractivity contribution is 5.75. The van der Waals surface area contributed by atoms with Crippen LogP contribution in [0, 0.1) is 0 Å². The largest absolute Gasteiger partial charge is 0.468 e. The van der Waals surface area contributed by atoms with Crippen molar-refractivity contribution in [1.82, 2.24) is 14.9 Å². The van der Waals surface area contributed by atoms with Gasteiger partial charge >= 0.3 is 5.97 Å². The molecule has 0 bridgehead atoms. The van der Waals surface area contributed by atoms with E-state index in [2.05, 4.69) is 87.7 Å². The van der Waals surface area contributed by atoms with Crippen molar-refractivity contribution in [2.75, 3.05) is 14.2 Å². The normalized spacial score (nSPS) is 12.3. The molecule has 4 rings (SSSR count). The molecule has 0 aliphatic heterocycles. The lowest BCUT2D eigenvalue weighted by atomic mass is 9.77. The molecule has 0 aliphatic rings. The summed E-state index contributed by atoms with van der Waals surface area (Å²) in [5, 5.41) is 3.02. The van der Waals surface area contributed by atoms with E-state index in [9.17, 15) is 4.79 Å². The topological polar surface area (TPSA) is 56.2 Å². The number of rotatable bonds is 8. The Morgan fingerprint density at radius 3 is 1.78 bits per heavy atom. The summed E-state index contributed by atoms with van der Waals surface area (Å²) in [5.74, 6) is -0.303. The number of esters is 1. The SMILES string of the molecule is CNC(Cc1cn(C(c2ccccc2)(c2ccccc2)c2ccccc2)cn1)C(=O)OC. The van der Waals surface area contributed by atoms with Crippen molar-refractivity contribution in [3.05, 3.63) is 126 Å². The fourth-order valence-corrected chi connectivity index (χ4v) is 4.29. The van der Waals surface area contributed by atoms with Crippen molar-refractivity contribution in [1.29, 1.82) is 0 Å². The summed E-state index contributed by atoms with van der Waals surface area (Å²) < 4.78 is 7.07. The van der Waals surface area contributed by atoms with Crippen LogP contribution in [0.5, 0.6) is 0 Å². The van der Waals surface area contributed by atoms with E-state index in [1.165, 1.54) is 7.11 Å². The molecule has 162 valence electrons. The molecule has 1 unspecified atom stereocenters. The number of nitrogens with one attached hydrogen (secondary N) is 1. The van der Waals surface area contributed by atoms with Gasteiger partial charge < -0.3 is 14.6 Å². The molecule has 0 saturated heterocycles. The second kappa shape index (κ2) is 9.62. The van der Waals surface area contributed by atoms with Gasteiger partial charge in [-0.2, -0.15) is 0 Å². The van der Waals surface area contributed by atoms with Gasteiger partial charge in [0, 0.05) is 12.6 Å². The highest BCUT2D eigenvalue weighted by Crippen LogP contribution is 2.40. The standard InChI is InChI=1S/C27H27N3O2/c1-28-25(26(31)32-2)18-24-19-30(20-29-24)27(21-12-6-3-7-13-21,22-14-8-4-9-15-22)23-16-10-5-11-17-23/h3-17,19-20,25,28H,18H2,1-2H3. The van der Waals surface area contributed by atoms with Crippen molar-refractivity contribution in [3.8, 4) is 0 Å². The van der Waals surface area contributed by atoms with Crippen molar-refractivity contribution < 1.29 is 9.53 Å². The number of hydrogen-bond acceptors (Lipinski definition) is 4. The van der Waals surface area contributed by atoms with Crippen LogP contribution in [0.1, 0.15) is 22.4 Å². The van der Waals surface area contributed by atoms with E-state index in [0.717, 1.165) is 22.4 Å². The van der Waals surface area contributed by atoms with E-state index in [0.29, 0.717) is 6.42 Å². The summed E-state index contributed by atoms with van der Waals surface area (Å²) in [6.45, 7) is 0. The first kappa shape index (κ1) is 21.5. The monoisotopic (exact) mass is 425 g/mol. The van der Waals surface area contributed by atoms with Gasteiger partial charge in [0.05, 0.1) is 19.1 Å². The molecule has 3 aromatic carbocycles. The Morgan fingerprint density at radius 2 is 1.38 bits per heavy atom. The molecule has 0 radical (unpaired) electrons. The molecule has 1 heterocycles. The zero-order valence-corrected chi connectivity index (χ0v) is 18.3. The van der Waals surface area contributed by atoms with Gasteiger partial charge in [0.25, 0.3) is 0 Å². The predicted octanol–water partition coefficient (Wildman–Crippen LogP) is 4.03. The van der Waals surface area contributed by atoms with Crippen LogP contribution in [0.4, 0.5) is 0 Å². The maximum Gasteiger partial charge on any atom is 0.323 e. The minimum atomic E-state index is -0.616. The van der Waals surface area contributed by atoms with Gasteiger partial charge in [-0.25, -0.2) is 4.98 Å². The number of imidazole rings is 1. The number of aromatic nitrogens is 2. The number of ether oxygens (including phenoxy) is 1. The van der Waals surface area contributed by atoms with Crippen molar-refractivity contribution in [2.24, 2.45) is 0 Å². The first-order chi connectivity index (χ1) is 15.7. The second-order valence-electron chi connectivity index (χ2n) is 7.65. The van der Waals surface area contributed by atoms with Crippen LogP contribution in [0.2, 0.25) is 0 Å². The molecule has 4 aromatic rings. The minimum absolute atomic E-state index is 0.303. The van der Waals surface area contributed by atoms with E-state index in [-0.39, 0.29) is 5.97 Å². The summed E-state index contributed by atoms with van der Waals surface area (Å²) in [6, 6.07) is 30.8. The number of nitrogens with zero attached hydrogens (tertiary/aromatic N) is 2. The number of methoxy groups -OCH3 is 1. The maximum atomic E-state index is 12.1. The molecule has 1 N–H and O–H groups in total. The van der Waals surface area contributed by atoms with Gasteiger partial charge in [0.1, 0.15) is 11.6 Å². The molecule has 0 spiro atoms. The molecule has 0 fully saturated rings.